The predicted octanol–water partition coefficient (Wildman–Crippen LogP) is 3.82. The summed E-state index contributed by atoms with van der Waals surface area (Å²) in [5.41, 5.74) is 1.64. The molecular weight excluding hydrogens is 295 g/mol. The highest BCUT2D eigenvalue weighted by Crippen LogP contribution is 2.25. The Bertz CT molecular complexity index is 802. The Morgan fingerprint density at radius 1 is 0.957 bits per heavy atom. The molecule has 0 radical (unpaired) electrons. The summed E-state index contributed by atoms with van der Waals surface area (Å²) >= 11 is 0. The van der Waals surface area contributed by atoms with Crippen molar-refractivity contribution in [3.05, 3.63) is 72.4 Å². The van der Waals surface area contributed by atoms with Gasteiger partial charge >= 0.3 is 0 Å². The number of hydrogen-bond acceptors (Lipinski definition) is 4. The van der Waals surface area contributed by atoms with Gasteiger partial charge in [0, 0.05) is 11.8 Å². The molecule has 0 saturated heterocycles. The fourth-order valence-corrected chi connectivity index (χ4v) is 2.07. The summed E-state index contributed by atoms with van der Waals surface area (Å²) in [6.45, 7) is 0. The van der Waals surface area contributed by atoms with Gasteiger partial charge in [0.2, 0.25) is 0 Å². The SMILES string of the molecule is O=CCc1nccc(-c2ccc(Oc3ccc(F)cc3)cc2)n1. The third-order valence-corrected chi connectivity index (χ3v) is 3.17. The number of benzene rings is 2. The van der Waals surface area contributed by atoms with Gasteiger partial charge in [0.15, 0.2) is 0 Å². The second kappa shape index (κ2) is 6.79. The van der Waals surface area contributed by atoms with Crippen molar-refractivity contribution in [2.24, 2.45) is 0 Å². The fourth-order valence-electron chi connectivity index (χ4n) is 2.07. The van der Waals surface area contributed by atoms with Gasteiger partial charge in [0.25, 0.3) is 0 Å². The molecule has 2 aromatic carbocycles. The zero-order valence-electron chi connectivity index (χ0n) is 12.1. The van der Waals surface area contributed by atoms with Crippen LogP contribution in [-0.4, -0.2) is 16.3 Å². The fraction of sp³-hybridized carbons (Fsp3) is 0.0556. The van der Waals surface area contributed by atoms with Crippen molar-refractivity contribution in [2.45, 2.75) is 6.42 Å². The van der Waals surface area contributed by atoms with Gasteiger partial charge in [-0.2, -0.15) is 0 Å². The van der Waals surface area contributed by atoms with E-state index >= 15 is 0 Å². The van der Waals surface area contributed by atoms with Gasteiger partial charge in [-0.3, -0.25) is 0 Å². The van der Waals surface area contributed by atoms with Crippen LogP contribution in [0.2, 0.25) is 0 Å². The van der Waals surface area contributed by atoms with Crippen molar-refractivity contribution < 1.29 is 13.9 Å². The lowest BCUT2D eigenvalue weighted by Crippen LogP contribution is -1.96. The van der Waals surface area contributed by atoms with E-state index in [-0.39, 0.29) is 12.2 Å². The molecule has 5 heteroatoms. The number of ether oxygens (including phenoxy) is 1. The summed E-state index contributed by atoms with van der Waals surface area (Å²) in [7, 11) is 0. The van der Waals surface area contributed by atoms with E-state index in [1.165, 1.54) is 12.1 Å². The van der Waals surface area contributed by atoms with Crippen LogP contribution in [0.25, 0.3) is 11.3 Å². The maximum atomic E-state index is 12.9. The Labute approximate surface area is 132 Å². The highest BCUT2D eigenvalue weighted by atomic mass is 19.1. The van der Waals surface area contributed by atoms with Crippen LogP contribution >= 0.6 is 0 Å². The zero-order valence-corrected chi connectivity index (χ0v) is 12.1. The summed E-state index contributed by atoms with van der Waals surface area (Å²) in [5, 5.41) is 0. The molecule has 0 aliphatic carbocycles. The van der Waals surface area contributed by atoms with E-state index in [1.54, 1.807) is 36.5 Å². The van der Waals surface area contributed by atoms with Crippen molar-refractivity contribution in [2.75, 3.05) is 0 Å². The van der Waals surface area contributed by atoms with Gasteiger partial charge in [0.05, 0.1) is 12.1 Å². The third kappa shape index (κ3) is 3.77. The van der Waals surface area contributed by atoms with Gasteiger partial charge in [-0.15, -0.1) is 0 Å². The average molecular weight is 308 g/mol. The molecule has 0 N–H and O–H groups in total. The molecule has 0 saturated carbocycles. The van der Waals surface area contributed by atoms with Crippen molar-refractivity contribution >= 4 is 6.29 Å². The van der Waals surface area contributed by atoms with Crippen LogP contribution in [0.3, 0.4) is 0 Å². The van der Waals surface area contributed by atoms with Crippen LogP contribution in [0.1, 0.15) is 5.82 Å². The highest BCUT2D eigenvalue weighted by Gasteiger charge is 2.03. The van der Waals surface area contributed by atoms with E-state index in [2.05, 4.69) is 9.97 Å². The molecule has 0 spiro atoms. The number of hydrogen-bond donors (Lipinski definition) is 0. The number of rotatable bonds is 5. The first-order valence-electron chi connectivity index (χ1n) is 7.04. The Balaban J connectivity index is 1.77. The molecule has 0 bridgehead atoms. The molecule has 0 atom stereocenters. The van der Waals surface area contributed by atoms with E-state index in [0.29, 0.717) is 17.3 Å². The van der Waals surface area contributed by atoms with Gasteiger partial charge in [0.1, 0.15) is 29.4 Å². The predicted molar refractivity (Wildman–Crippen MR) is 83.7 cm³/mol. The monoisotopic (exact) mass is 308 g/mol. The zero-order chi connectivity index (χ0) is 16.1. The lowest BCUT2D eigenvalue weighted by Gasteiger charge is -2.07. The second-order valence-electron chi connectivity index (χ2n) is 4.81. The maximum Gasteiger partial charge on any atom is 0.136 e. The van der Waals surface area contributed by atoms with Gasteiger partial charge in [-0.25, -0.2) is 14.4 Å². The third-order valence-electron chi connectivity index (χ3n) is 3.17. The first-order valence-corrected chi connectivity index (χ1v) is 7.04. The minimum atomic E-state index is -0.303. The van der Waals surface area contributed by atoms with Gasteiger partial charge in [-0.1, -0.05) is 0 Å². The minimum absolute atomic E-state index is 0.194. The Morgan fingerprint density at radius 3 is 2.26 bits per heavy atom. The number of halogens is 1. The molecule has 0 amide bonds. The topological polar surface area (TPSA) is 52.1 Å². The molecule has 3 aromatic rings. The summed E-state index contributed by atoms with van der Waals surface area (Å²) in [6.07, 6.45) is 2.60. The molecule has 1 heterocycles. The number of carbonyl (C=O) groups is 1. The first kappa shape index (κ1) is 14.8. The Morgan fingerprint density at radius 2 is 1.61 bits per heavy atom. The van der Waals surface area contributed by atoms with E-state index in [9.17, 15) is 9.18 Å². The van der Waals surface area contributed by atoms with Crippen LogP contribution in [0.5, 0.6) is 11.5 Å². The molecule has 23 heavy (non-hydrogen) atoms. The molecular formula is C18H13FN2O2. The van der Waals surface area contributed by atoms with Gasteiger partial charge < -0.3 is 9.53 Å². The summed E-state index contributed by atoms with van der Waals surface area (Å²) < 4.78 is 18.5. The van der Waals surface area contributed by atoms with Crippen LogP contribution in [0.4, 0.5) is 4.39 Å². The maximum absolute atomic E-state index is 12.9. The van der Waals surface area contributed by atoms with E-state index in [1.807, 2.05) is 12.1 Å². The molecule has 4 nitrogen and oxygen atoms in total. The molecule has 0 fully saturated rings. The van der Waals surface area contributed by atoms with E-state index in [0.717, 1.165) is 17.5 Å². The van der Waals surface area contributed by atoms with Crippen LogP contribution in [0.15, 0.2) is 60.8 Å². The Hall–Kier alpha value is -3.08. The summed E-state index contributed by atoms with van der Waals surface area (Å²) in [4.78, 5) is 18.9. The Kier molecular flexibility index (Phi) is 4.38. The number of nitrogens with zero attached hydrogens (tertiary/aromatic N) is 2. The molecule has 0 unspecified atom stereocenters. The molecule has 0 aliphatic rings. The van der Waals surface area contributed by atoms with Crippen LogP contribution in [0, 0.1) is 5.82 Å². The first-order chi connectivity index (χ1) is 11.2. The van der Waals surface area contributed by atoms with Crippen LogP contribution < -0.4 is 4.74 Å². The molecule has 3 rings (SSSR count). The number of aromatic nitrogens is 2. The normalized spacial score (nSPS) is 10.3. The summed E-state index contributed by atoms with van der Waals surface area (Å²) in [6, 6.07) is 15.0. The number of aldehydes is 1. The highest BCUT2D eigenvalue weighted by molar-refractivity contribution is 5.60. The molecule has 114 valence electrons. The standard InChI is InChI=1S/C18H13FN2O2/c19-14-3-7-16(8-4-14)23-15-5-1-13(2-6-15)17-9-11-20-18(21-17)10-12-22/h1-9,11-12H,10H2. The summed E-state index contributed by atoms with van der Waals surface area (Å²) in [5.74, 6) is 1.39. The molecule has 1 aromatic heterocycles. The average Bonchev–Trinajstić information content (AvgIpc) is 2.58. The van der Waals surface area contributed by atoms with Crippen molar-refractivity contribution in [3.8, 4) is 22.8 Å². The van der Waals surface area contributed by atoms with Crippen LogP contribution in [-0.2, 0) is 11.2 Å². The van der Waals surface area contributed by atoms with Gasteiger partial charge in [-0.05, 0) is 54.6 Å². The lowest BCUT2D eigenvalue weighted by molar-refractivity contribution is -0.107. The lowest BCUT2D eigenvalue weighted by atomic mass is 10.1. The minimum Gasteiger partial charge on any atom is -0.457 e. The second-order valence-corrected chi connectivity index (χ2v) is 4.81. The molecule has 0 aliphatic heterocycles. The van der Waals surface area contributed by atoms with E-state index < -0.39 is 0 Å². The van der Waals surface area contributed by atoms with E-state index in [4.69, 9.17) is 4.74 Å². The largest absolute Gasteiger partial charge is 0.457 e. The quantitative estimate of drug-likeness (QED) is 0.672. The van der Waals surface area contributed by atoms with Crippen molar-refractivity contribution in [1.29, 1.82) is 0 Å². The van der Waals surface area contributed by atoms with Crippen molar-refractivity contribution in [3.63, 3.8) is 0 Å². The number of carbonyl (C=O) groups excluding carboxylic acids is 1. The smallest absolute Gasteiger partial charge is 0.136 e. The van der Waals surface area contributed by atoms with Crippen molar-refractivity contribution in [1.82, 2.24) is 9.97 Å².